The topological polar surface area (TPSA) is 78.4 Å². The van der Waals surface area contributed by atoms with Crippen molar-refractivity contribution in [3.63, 3.8) is 0 Å². The zero-order chi connectivity index (χ0) is 14.5. The number of aromatic carboxylic acids is 1. The van der Waals surface area contributed by atoms with Gasteiger partial charge in [-0.1, -0.05) is 0 Å². The fraction of sp³-hybridized carbons (Fsp3) is 0.0769. The number of hydrogen-bond acceptors (Lipinski definition) is 3. The van der Waals surface area contributed by atoms with Gasteiger partial charge in [-0.3, -0.25) is 0 Å². The lowest BCUT2D eigenvalue weighted by molar-refractivity contribution is 0.0697. The molecule has 0 saturated carbocycles. The van der Waals surface area contributed by atoms with Crippen molar-refractivity contribution in [3.05, 3.63) is 50.6 Å². The highest BCUT2D eigenvalue weighted by molar-refractivity contribution is 9.11. The molecule has 0 spiro atoms. The molecule has 2 amide bonds. The van der Waals surface area contributed by atoms with Crippen LogP contribution in [0.3, 0.4) is 0 Å². The molecular weight excluding hydrogens is 344 g/mol. The summed E-state index contributed by atoms with van der Waals surface area (Å²) >= 11 is 4.90. The zero-order valence-electron chi connectivity index (χ0n) is 10.2. The van der Waals surface area contributed by atoms with Crippen LogP contribution in [0.2, 0.25) is 0 Å². The molecule has 104 valence electrons. The van der Waals surface area contributed by atoms with E-state index in [-0.39, 0.29) is 11.6 Å². The molecule has 0 fully saturated rings. The van der Waals surface area contributed by atoms with E-state index in [4.69, 9.17) is 5.11 Å². The number of hydrogen-bond donors (Lipinski definition) is 3. The maximum absolute atomic E-state index is 11.7. The summed E-state index contributed by atoms with van der Waals surface area (Å²) in [5.74, 6) is -0.996. The molecule has 7 heteroatoms. The molecule has 0 aliphatic heterocycles. The molecule has 0 bridgehead atoms. The first kappa shape index (κ1) is 14.5. The van der Waals surface area contributed by atoms with Crippen molar-refractivity contribution in [2.24, 2.45) is 0 Å². The summed E-state index contributed by atoms with van der Waals surface area (Å²) in [7, 11) is 0. The van der Waals surface area contributed by atoms with Crippen molar-refractivity contribution in [2.75, 3.05) is 5.32 Å². The van der Waals surface area contributed by atoms with Gasteiger partial charge in [0.1, 0.15) is 0 Å². The van der Waals surface area contributed by atoms with Gasteiger partial charge in [-0.2, -0.15) is 0 Å². The number of urea groups is 1. The van der Waals surface area contributed by atoms with E-state index >= 15 is 0 Å². The highest BCUT2D eigenvalue weighted by atomic mass is 79.9. The molecule has 0 aliphatic rings. The number of nitrogens with one attached hydrogen (secondary N) is 2. The minimum absolute atomic E-state index is 0.180. The molecule has 5 nitrogen and oxygen atoms in total. The number of carbonyl (C=O) groups excluding carboxylic acids is 1. The van der Waals surface area contributed by atoms with E-state index in [1.165, 1.54) is 12.1 Å². The van der Waals surface area contributed by atoms with Crippen LogP contribution in [0.5, 0.6) is 0 Å². The third-order valence-electron chi connectivity index (χ3n) is 2.44. The SMILES string of the molecule is O=C(NCc1ccc(Br)s1)Nc1ccc(C(=O)O)cc1. The lowest BCUT2D eigenvalue weighted by Gasteiger charge is -2.06. The molecule has 0 unspecified atom stereocenters. The predicted molar refractivity (Wildman–Crippen MR) is 81.3 cm³/mol. The van der Waals surface area contributed by atoms with Gasteiger partial charge < -0.3 is 15.7 Å². The van der Waals surface area contributed by atoms with Crippen molar-refractivity contribution in [1.29, 1.82) is 0 Å². The van der Waals surface area contributed by atoms with Gasteiger partial charge in [-0.25, -0.2) is 9.59 Å². The van der Waals surface area contributed by atoms with E-state index in [9.17, 15) is 9.59 Å². The van der Waals surface area contributed by atoms with Crippen LogP contribution in [0, 0.1) is 0 Å². The van der Waals surface area contributed by atoms with E-state index in [0.29, 0.717) is 12.2 Å². The normalized spacial score (nSPS) is 10.1. The number of amides is 2. The highest BCUT2D eigenvalue weighted by Gasteiger charge is 2.05. The number of halogens is 1. The Bertz CT molecular complexity index is 625. The number of benzene rings is 1. The molecule has 3 N–H and O–H groups in total. The van der Waals surface area contributed by atoms with Gasteiger partial charge in [0.25, 0.3) is 0 Å². The fourth-order valence-corrected chi connectivity index (χ4v) is 2.91. The Balaban J connectivity index is 1.86. The molecule has 1 heterocycles. The summed E-state index contributed by atoms with van der Waals surface area (Å²) in [5, 5.41) is 14.1. The standard InChI is InChI=1S/C13H11BrN2O3S/c14-11-6-5-10(20-11)7-15-13(19)16-9-3-1-8(2-4-9)12(17)18/h1-6H,7H2,(H,17,18)(H2,15,16,19). The second kappa shape index (κ2) is 6.53. The van der Waals surface area contributed by atoms with E-state index in [1.54, 1.807) is 23.5 Å². The molecule has 0 saturated heterocycles. The Morgan fingerprint density at radius 3 is 2.40 bits per heavy atom. The maximum Gasteiger partial charge on any atom is 0.335 e. The minimum Gasteiger partial charge on any atom is -0.478 e. The summed E-state index contributed by atoms with van der Waals surface area (Å²) < 4.78 is 1.01. The quantitative estimate of drug-likeness (QED) is 0.785. The number of carbonyl (C=O) groups is 2. The van der Waals surface area contributed by atoms with Crippen LogP contribution >= 0.6 is 27.3 Å². The first-order valence-electron chi connectivity index (χ1n) is 5.67. The van der Waals surface area contributed by atoms with Crippen LogP contribution in [-0.4, -0.2) is 17.1 Å². The Morgan fingerprint density at radius 2 is 1.85 bits per heavy atom. The monoisotopic (exact) mass is 354 g/mol. The average molecular weight is 355 g/mol. The second-order valence-corrected chi connectivity index (χ2v) is 6.44. The van der Waals surface area contributed by atoms with Crippen molar-refractivity contribution < 1.29 is 14.7 Å². The van der Waals surface area contributed by atoms with Crippen LogP contribution in [0.15, 0.2) is 40.2 Å². The summed E-state index contributed by atoms with van der Waals surface area (Å²) in [6, 6.07) is 9.48. The number of carboxylic acids is 1. The average Bonchev–Trinajstić information content (AvgIpc) is 2.83. The van der Waals surface area contributed by atoms with Crippen molar-refractivity contribution in [3.8, 4) is 0 Å². The van der Waals surface area contributed by atoms with E-state index in [0.717, 1.165) is 8.66 Å². The predicted octanol–water partition coefficient (Wildman–Crippen LogP) is 3.53. The van der Waals surface area contributed by atoms with E-state index < -0.39 is 5.97 Å². The maximum atomic E-state index is 11.7. The van der Waals surface area contributed by atoms with Crippen LogP contribution in [0.25, 0.3) is 0 Å². The Hall–Kier alpha value is -1.86. The lowest BCUT2D eigenvalue weighted by Crippen LogP contribution is -2.27. The molecule has 20 heavy (non-hydrogen) atoms. The van der Waals surface area contributed by atoms with Crippen LogP contribution in [0.1, 0.15) is 15.2 Å². The molecule has 0 radical (unpaired) electrons. The third kappa shape index (κ3) is 4.07. The van der Waals surface area contributed by atoms with Gasteiger partial charge in [-0.05, 0) is 52.3 Å². The van der Waals surface area contributed by atoms with E-state index in [2.05, 4.69) is 26.6 Å². The summed E-state index contributed by atoms with van der Waals surface area (Å²) in [4.78, 5) is 23.4. The summed E-state index contributed by atoms with van der Waals surface area (Å²) in [5.41, 5.74) is 0.722. The van der Waals surface area contributed by atoms with Gasteiger partial charge in [-0.15, -0.1) is 11.3 Å². The molecule has 1 aromatic carbocycles. The molecule has 1 aromatic heterocycles. The zero-order valence-corrected chi connectivity index (χ0v) is 12.6. The van der Waals surface area contributed by atoms with Gasteiger partial charge in [0.2, 0.25) is 0 Å². The summed E-state index contributed by atoms with van der Waals surface area (Å²) in [6.45, 7) is 0.440. The van der Waals surface area contributed by atoms with Crippen molar-refractivity contribution in [2.45, 2.75) is 6.54 Å². The largest absolute Gasteiger partial charge is 0.478 e. The Labute approximate surface area is 127 Å². The van der Waals surface area contributed by atoms with Crippen LogP contribution in [0.4, 0.5) is 10.5 Å². The van der Waals surface area contributed by atoms with Crippen molar-refractivity contribution in [1.82, 2.24) is 5.32 Å². The first-order chi connectivity index (χ1) is 9.54. The molecule has 2 rings (SSSR count). The number of carboxylic acid groups (broad SMARTS) is 1. The highest BCUT2D eigenvalue weighted by Crippen LogP contribution is 2.21. The third-order valence-corrected chi connectivity index (χ3v) is 4.07. The van der Waals surface area contributed by atoms with Gasteiger partial charge >= 0.3 is 12.0 Å². The van der Waals surface area contributed by atoms with Gasteiger partial charge in [0, 0.05) is 10.6 Å². The van der Waals surface area contributed by atoms with E-state index in [1.807, 2.05) is 12.1 Å². The lowest BCUT2D eigenvalue weighted by atomic mass is 10.2. The smallest absolute Gasteiger partial charge is 0.335 e. The first-order valence-corrected chi connectivity index (χ1v) is 7.28. The molecular formula is C13H11BrN2O3S. The molecule has 0 aliphatic carbocycles. The van der Waals surface area contributed by atoms with Gasteiger partial charge in [0.05, 0.1) is 15.9 Å². The Morgan fingerprint density at radius 1 is 1.15 bits per heavy atom. The fourth-order valence-electron chi connectivity index (χ4n) is 1.49. The molecule has 0 atom stereocenters. The van der Waals surface area contributed by atoms with Gasteiger partial charge in [0.15, 0.2) is 0 Å². The van der Waals surface area contributed by atoms with Crippen LogP contribution < -0.4 is 10.6 Å². The minimum atomic E-state index is -0.996. The summed E-state index contributed by atoms with van der Waals surface area (Å²) in [6.07, 6.45) is 0. The Kier molecular flexibility index (Phi) is 4.75. The molecule has 2 aromatic rings. The van der Waals surface area contributed by atoms with Crippen molar-refractivity contribution >= 4 is 45.0 Å². The second-order valence-electron chi connectivity index (χ2n) is 3.90. The number of thiophene rings is 1. The number of anilines is 1. The van der Waals surface area contributed by atoms with Crippen LogP contribution in [-0.2, 0) is 6.54 Å². The number of rotatable bonds is 4.